The molecule has 3 heteroatoms. The van der Waals surface area contributed by atoms with E-state index in [0.29, 0.717) is 0 Å². The molecule has 0 aliphatic rings. The van der Waals surface area contributed by atoms with Gasteiger partial charge in [-0.15, -0.1) is 11.8 Å². The third-order valence-electron chi connectivity index (χ3n) is 1.67. The standard InChI is InChI=1S/C11H14OS2/c1-2-12-8-9-14-11(13)10-6-4-3-5-7-10/h3-7H,2,8-9H2,1H3. The zero-order valence-electron chi connectivity index (χ0n) is 8.23. The van der Waals surface area contributed by atoms with Gasteiger partial charge in [-0.1, -0.05) is 42.5 Å². The molecule has 0 N–H and O–H groups in total. The van der Waals surface area contributed by atoms with Crippen molar-refractivity contribution in [3.8, 4) is 0 Å². The van der Waals surface area contributed by atoms with Gasteiger partial charge in [0, 0.05) is 12.4 Å². The van der Waals surface area contributed by atoms with Crippen LogP contribution in [0.5, 0.6) is 0 Å². The number of benzene rings is 1. The second kappa shape index (κ2) is 6.98. The first-order chi connectivity index (χ1) is 6.84. The van der Waals surface area contributed by atoms with Gasteiger partial charge < -0.3 is 4.74 Å². The van der Waals surface area contributed by atoms with Gasteiger partial charge in [0.25, 0.3) is 0 Å². The molecule has 0 atom stereocenters. The first-order valence-electron chi connectivity index (χ1n) is 4.64. The minimum absolute atomic E-state index is 0.772. The lowest BCUT2D eigenvalue weighted by atomic mass is 10.2. The topological polar surface area (TPSA) is 9.23 Å². The van der Waals surface area contributed by atoms with Crippen molar-refractivity contribution >= 4 is 28.2 Å². The second-order valence-electron chi connectivity index (χ2n) is 2.70. The first-order valence-corrected chi connectivity index (χ1v) is 6.04. The summed E-state index contributed by atoms with van der Waals surface area (Å²) in [6.07, 6.45) is 0. The van der Waals surface area contributed by atoms with Crippen molar-refractivity contribution in [2.45, 2.75) is 6.92 Å². The van der Waals surface area contributed by atoms with Crippen molar-refractivity contribution in [2.24, 2.45) is 0 Å². The van der Waals surface area contributed by atoms with E-state index in [1.807, 2.05) is 37.3 Å². The summed E-state index contributed by atoms with van der Waals surface area (Å²) in [5.41, 5.74) is 1.13. The molecule has 1 aromatic rings. The molecule has 76 valence electrons. The van der Waals surface area contributed by atoms with Gasteiger partial charge in [0.05, 0.1) is 10.8 Å². The molecule has 1 rings (SSSR count). The summed E-state index contributed by atoms with van der Waals surface area (Å²) in [6.45, 7) is 3.55. The Morgan fingerprint density at radius 1 is 1.36 bits per heavy atom. The lowest BCUT2D eigenvalue weighted by Crippen LogP contribution is -1.99. The van der Waals surface area contributed by atoms with Crippen molar-refractivity contribution in [3.05, 3.63) is 35.9 Å². The first kappa shape index (κ1) is 11.7. The monoisotopic (exact) mass is 226 g/mol. The average Bonchev–Trinajstić information content (AvgIpc) is 2.25. The SMILES string of the molecule is CCOCCSC(=S)c1ccccc1. The molecule has 0 saturated heterocycles. The van der Waals surface area contributed by atoms with Crippen LogP contribution in [0.4, 0.5) is 0 Å². The van der Waals surface area contributed by atoms with Crippen molar-refractivity contribution in [2.75, 3.05) is 19.0 Å². The molecule has 0 heterocycles. The van der Waals surface area contributed by atoms with E-state index >= 15 is 0 Å². The Morgan fingerprint density at radius 2 is 2.07 bits per heavy atom. The molecule has 0 aliphatic heterocycles. The molecule has 0 aromatic heterocycles. The van der Waals surface area contributed by atoms with Crippen molar-refractivity contribution in [3.63, 3.8) is 0 Å². The number of hydrogen-bond acceptors (Lipinski definition) is 3. The highest BCUT2D eigenvalue weighted by Gasteiger charge is 1.99. The van der Waals surface area contributed by atoms with Crippen LogP contribution in [0, 0.1) is 0 Å². The number of thiocarbonyl (C=S) groups is 1. The van der Waals surface area contributed by atoms with E-state index in [-0.39, 0.29) is 0 Å². The minimum Gasteiger partial charge on any atom is -0.381 e. The average molecular weight is 226 g/mol. The van der Waals surface area contributed by atoms with Gasteiger partial charge in [0.1, 0.15) is 0 Å². The molecule has 1 nitrogen and oxygen atoms in total. The van der Waals surface area contributed by atoms with E-state index in [4.69, 9.17) is 17.0 Å². The molecule has 0 fully saturated rings. The van der Waals surface area contributed by atoms with Crippen LogP contribution in [0.1, 0.15) is 12.5 Å². The van der Waals surface area contributed by atoms with Gasteiger partial charge in [-0.2, -0.15) is 0 Å². The number of hydrogen-bond donors (Lipinski definition) is 0. The highest BCUT2D eigenvalue weighted by Crippen LogP contribution is 2.13. The van der Waals surface area contributed by atoms with Gasteiger partial charge in [-0.3, -0.25) is 0 Å². The quantitative estimate of drug-likeness (QED) is 0.564. The zero-order chi connectivity index (χ0) is 10.2. The fourth-order valence-corrected chi connectivity index (χ4v) is 2.07. The Balaban J connectivity index is 2.29. The lowest BCUT2D eigenvalue weighted by molar-refractivity contribution is 0.164. The van der Waals surface area contributed by atoms with Crippen molar-refractivity contribution < 1.29 is 4.74 Å². The van der Waals surface area contributed by atoms with Crippen LogP contribution in [-0.2, 0) is 4.74 Å². The maximum absolute atomic E-state index is 5.28. The molecule has 0 aliphatic carbocycles. The highest BCUT2D eigenvalue weighted by molar-refractivity contribution is 8.23. The molecular formula is C11H14OS2. The predicted octanol–water partition coefficient (Wildman–Crippen LogP) is 3.13. The van der Waals surface area contributed by atoms with Crippen molar-refractivity contribution in [1.29, 1.82) is 0 Å². The Bertz CT molecular complexity index is 272. The minimum atomic E-state index is 0.772. The van der Waals surface area contributed by atoms with Crippen LogP contribution in [-0.4, -0.2) is 23.2 Å². The maximum atomic E-state index is 5.28. The van der Waals surface area contributed by atoms with Gasteiger partial charge >= 0.3 is 0 Å². The van der Waals surface area contributed by atoms with E-state index in [2.05, 4.69) is 0 Å². The fourth-order valence-electron chi connectivity index (χ4n) is 0.995. The normalized spacial score (nSPS) is 10.1. The Hall–Kier alpha value is -0.380. The van der Waals surface area contributed by atoms with Crippen LogP contribution in [0.2, 0.25) is 0 Å². The molecule has 1 aromatic carbocycles. The second-order valence-corrected chi connectivity index (χ2v) is 4.47. The molecular weight excluding hydrogens is 212 g/mol. The van der Waals surface area contributed by atoms with Gasteiger partial charge in [-0.05, 0) is 12.5 Å². The van der Waals surface area contributed by atoms with E-state index < -0.39 is 0 Å². The van der Waals surface area contributed by atoms with Crippen LogP contribution in [0.15, 0.2) is 30.3 Å². The molecule has 0 amide bonds. The summed E-state index contributed by atoms with van der Waals surface area (Å²) in [5, 5.41) is 0. The summed E-state index contributed by atoms with van der Waals surface area (Å²) >= 11 is 6.95. The summed E-state index contributed by atoms with van der Waals surface area (Å²) in [5.74, 6) is 0.932. The van der Waals surface area contributed by atoms with Crippen LogP contribution in [0.25, 0.3) is 0 Å². The molecule has 0 radical (unpaired) electrons. The Morgan fingerprint density at radius 3 is 2.71 bits per heavy atom. The summed E-state index contributed by atoms with van der Waals surface area (Å²) in [4.78, 5) is 0. The zero-order valence-corrected chi connectivity index (χ0v) is 9.87. The van der Waals surface area contributed by atoms with Crippen molar-refractivity contribution in [1.82, 2.24) is 0 Å². The van der Waals surface area contributed by atoms with Gasteiger partial charge in [0.2, 0.25) is 0 Å². The number of thioether (sulfide) groups is 1. The predicted molar refractivity (Wildman–Crippen MR) is 67.1 cm³/mol. The largest absolute Gasteiger partial charge is 0.381 e. The van der Waals surface area contributed by atoms with E-state index in [9.17, 15) is 0 Å². The van der Waals surface area contributed by atoms with Crippen LogP contribution < -0.4 is 0 Å². The molecule has 0 spiro atoms. The lowest BCUT2D eigenvalue weighted by Gasteiger charge is -2.03. The Kier molecular flexibility index (Phi) is 5.83. The highest BCUT2D eigenvalue weighted by atomic mass is 32.2. The van der Waals surface area contributed by atoms with E-state index in [0.717, 1.165) is 28.7 Å². The van der Waals surface area contributed by atoms with E-state index in [1.165, 1.54) is 0 Å². The number of rotatable bonds is 5. The summed E-state index contributed by atoms with van der Waals surface area (Å²) in [6, 6.07) is 10.1. The Labute approximate surface area is 94.9 Å². The smallest absolute Gasteiger partial charge is 0.0779 e. The fraction of sp³-hybridized carbons (Fsp3) is 0.364. The molecule has 0 bridgehead atoms. The summed E-state index contributed by atoms with van der Waals surface area (Å²) in [7, 11) is 0. The van der Waals surface area contributed by atoms with E-state index in [1.54, 1.807) is 11.8 Å². The summed E-state index contributed by atoms with van der Waals surface area (Å²) < 4.78 is 6.19. The third kappa shape index (κ3) is 4.22. The third-order valence-corrected chi connectivity index (χ3v) is 3.13. The van der Waals surface area contributed by atoms with Crippen LogP contribution in [0.3, 0.4) is 0 Å². The molecule has 14 heavy (non-hydrogen) atoms. The maximum Gasteiger partial charge on any atom is 0.0779 e. The number of ether oxygens (including phenoxy) is 1. The van der Waals surface area contributed by atoms with Gasteiger partial charge in [-0.25, -0.2) is 0 Å². The van der Waals surface area contributed by atoms with Gasteiger partial charge in [0.15, 0.2) is 0 Å². The van der Waals surface area contributed by atoms with Crippen LogP contribution >= 0.6 is 24.0 Å². The molecule has 0 unspecified atom stereocenters. The molecule has 0 saturated carbocycles.